The first kappa shape index (κ1) is 13.1. The molecule has 0 aliphatic carbocycles. The predicted molar refractivity (Wildman–Crippen MR) is 74.5 cm³/mol. The molecule has 2 rings (SSSR count). The summed E-state index contributed by atoms with van der Waals surface area (Å²) in [6.07, 6.45) is 2.44. The Hall–Kier alpha value is -1.36. The van der Waals surface area contributed by atoms with Crippen LogP contribution in [0.1, 0.15) is 38.1 Å². The quantitative estimate of drug-likeness (QED) is 0.620. The van der Waals surface area contributed by atoms with Crippen molar-refractivity contribution in [2.24, 2.45) is 11.8 Å². The number of hydrazine groups is 1. The monoisotopic (exact) mass is 249 g/mol. The molecule has 2 atom stereocenters. The van der Waals surface area contributed by atoms with E-state index < -0.39 is 0 Å². The van der Waals surface area contributed by atoms with E-state index in [1.807, 2.05) is 13.8 Å². The molecule has 1 saturated heterocycles. The van der Waals surface area contributed by atoms with E-state index >= 15 is 0 Å². The number of hydrogen-bond acceptors (Lipinski definition) is 5. The van der Waals surface area contributed by atoms with Gasteiger partial charge in [-0.25, -0.2) is 15.8 Å². The second-order valence-electron chi connectivity index (χ2n) is 5.38. The van der Waals surface area contributed by atoms with Crippen LogP contribution in [0.2, 0.25) is 0 Å². The van der Waals surface area contributed by atoms with Gasteiger partial charge in [-0.1, -0.05) is 6.92 Å². The van der Waals surface area contributed by atoms with Crippen molar-refractivity contribution in [3.8, 4) is 0 Å². The molecule has 1 aromatic rings. The molecule has 3 N–H and O–H groups in total. The van der Waals surface area contributed by atoms with Crippen LogP contribution in [0.15, 0.2) is 0 Å². The lowest BCUT2D eigenvalue weighted by Gasteiger charge is -2.38. The first-order valence-electron chi connectivity index (χ1n) is 6.61. The maximum atomic E-state index is 5.52. The topological polar surface area (TPSA) is 67.1 Å². The highest BCUT2D eigenvalue weighted by Gasteiger charge is 2.26. The maximum absolute atomic E-state index is 5.52. The van der Waals surface area contributed by atoms with E-state index in [4.69, 9.17) is 5.84 Å². The number of hydrogen-bond donors (Lipinski definition) is 2. The van der Waals surface area contributed by atoms with Crippen LogP contribution >= 0.6 is 0 Å². The number of rotatable bonds is 2. The van der Waals surface area contributed by atoms with Crippen LogP contribution in [0.5, 0.6) is 0 Å². The van der Waals surface area contributed by atoms with Crippen LogP contribution in [0, 0.1) is 19.8 Å². The molecule has 1 aliphatic rings. The normalized spacial score (nSPS) is 24.2. The summed E-state index contributed by atoms with van der Waals surface area (Å²) >= 11 is 0. The average Bonchev–Trinajstić information content (AvgIpc) is 2.32. The summed E-state index contributed by atoms with van der Waals surface area (Å²) in [6.45, 7) is 9.57. The number of aromatic nitrogens is 2. The molecule has 100 valence electrons. The van der Waals surface area contributed by atoms with Crippen LogP contribution in [-0.4, -0.2) is 22.6 Å². The smallest absolute Gasteiger partial charge is 0.148 e. The number of anilines is 2. The third-order valence-electron chi connectivity index (χ3n) is 3.78. The third-order valence-corrected chi connectivity index (χ3v) is 3.78. The molecule has 0 spiro atoms. The molecule has 0 radical (unpaired) electrons. The molecule has 1 fully saturated rings. The van der Waals surface area contributed by atoms with Crippen LogP contribution in [0.25, 0.3) is 0 Å². The summed E-state index contributed by atoms with van der Waals surface area (Å²) in [5, 5.41) is 0. The molecule has 1 aromatic heterocycles. The average molecular weight is 249 g/mol. The van der Waals surface area contributed by atoms with Gasteiger partial charge in [-0.15, -0.1) is 0 Å². The highest BCUT2D eigenvalue weighted by atomic mass is 15.3. The van der Waals surface area contributed by atoms with E-state index in [-0.39, 0.29) is 0 Å². The zero-order valence-electron chi connectivity index (χ0n) is 11.7. The van der Waals surface area contributed by atoms with Gasteiger partial charge in [0.15, 0.2) is 0 Å². The van der Waals surface area contributed by atoms with Gasteiger partial charge in [0.05, 0.1) is 0 Å². The number of nitrogens with one attached hydrogen (secondary N) is 1. The minimum atomic E-state index is 0.521. The Morgan fingerprint density at radius 2 is 2.00 bits per heavy atom. The molecule has 5 nitrogen and oxygen atoms in total. The first-order chi connectivity index (χ1) is 8.52. The van der Waals surface area contributed by atoms with Gasteiger partial charge in [0.1, 0.15) is 17.5 Å². The number of nitrogens with two attached hydrogens (primary N) is 1. The van der Waals surface area contributed by atoms with Crippen molar-refractivity contribution in [3.63, 3.8) is 0 Å². The summed E-state index contributed by atoms with van der Waals surface area (Å²) in [6, 6.07) is 0.521. The highest BCUT2D eigenvalue weighted by Crippen LogP contribution is 2.30. The van der Waals surface area contributed by atoms with Gasteiger partial charge in [0.25, 0.3) is 0 Å². The zero-order valence-corrected chi connectivity index (χ0v) is 11.7. The Bertz CT molecular complexity index is 432. The van der Waals surface area contributed by atoms with Crippen molar-refractivity contribution >= 4 is 11.6 Å². The van der Waals surface area contributed by atoms with Gasteiger partial charge in [-0.05, 0) is 39.5 Å². The van der Waals surface area contributed by atoms with Crippen molar-refractivity contribution in [2.75, 3.05) is 16.9 Å². The number of piperidine rings is 1. The first-order valence-corrected chi connectivity index (χ1v) is 6.61. The fraction of sp³-hybridized carbons (Fsp3) is 0.692. The Balaban J connectivity index is 2.35. The molecule has 18 heavy (non-hydrogen) atoms. The highest BCUT2D eigenvalue weighted by molar-refractivity contribution is 5.58. The van der Waals surface area contributed by atoms with E-state index in [1.165, 1.54) is 12.8 Å². The Labute approximate surface area is 109 Å². The Morgan fingerprint density at radius 3 is 2.61 bits per heavy atom. The molecule has 1 aliphatic heterocycles. The van der Waals surface area contributed by atoms with Gasteiger partial charge in [-0.2, -0.15) is 0 Å². The van der Waals surface area contributed by atoms with Crippen molar-refractivity contribution in [1.82, 2.24) is 9.97 Å². The second kappa shape index (κ2) is 5.10. The molecular formula is C13H23N5. The summed E-state index contributed by atoms with van der Waals surface area (Å²) in [4.78, 5) is 11.3. The molecule has 2 heterocycles. The maximum Gasteiger partial charge on any atom is 0.148 e. The van der Waals surface area contributed by atoms with E-state index in [9.17, 15) is 0 Å². The van der Waals surface area contributed by atoms with Gasteiger partial charge < -0.3 is 10.3 Å². The predicted octanol–water partition coefficient (Wildman–Crippen LogP) is 2.00. The summed E-state index contributed by atoms with van der Waals surface area (Å²) in [7, 11) is 0. The summed E-state index contributed by atoms with van der Waals surface area (Å²) in [5.74, 6) is 8.82. The molecule has 0 amide bonds. The Morgan fingerprint density at radius 1 is 1.28 bits per heavy atom. The summed E-state index contributed by atoms with van der Waals surface area (Å²) < 4.78 is 0. The van der Waals surface area contributed by atoms with Crippen molar-refractivity contribution in [1.29, 1.82) is 0 Å². The SMILES string of the molecule is Cc1nc(NN)c(C)c(N2CCC(C)CC2C)n1. The number of nitrogen functional groups attached to an aromatic ring is 1. The van der Waals surface area contributed by atoms with Crippen molar-refractivity contribution in [2.45, 2.75) is 46.6 Å². The lowest BCUT2D eigenvalue weighted by molar-refractivity contribution is 0.375. The minimum Gasteiger partial charge on any atom is -0.353 e. The van der Waals surface area contributed by atoms with E-state index in [0.29, 0.717) is 6.04 Å². The van der Waals surface area contributed by atoms with E-state index in [2.05, 4.69) is 34.1 Å². The largest absolute Gasteiger partial charge is 0.353 e. The lowest BCUT2D eigenvalue weighted by Crippen LogP contribution is -2.41. The van der Waals surface area contributed by atoms with Crippen molar-refractivity contribution < 1.29 is 0 Å². The number of aryl methyl sites for hydroxylation is 1. The van der Waals surface area contributed by atoms with Crippen LogP contribution in [0.3, 0.4) is 0 Å². The molecule has 0 bridgehead atoms. The molecular weight excluding hydrogens is 226 g/mol. The fourth-order valence-electron chi connectivity index (χ4n) is 2.76. The molecule has 5 heteroatoms. The van der Waals surface area contributed by atoms with Gasteiger partial charge >= 0.3 is 0 Å². The Kier molecular flexibility index (Phi) is 3.71. The molecule has 0 aromatic carbocycles. The fourth-order valence-corrected chi connectivity index (χ4v) is 2.76. The van der Waals surface area contributed by atoms with E-state index in [0.717, 1.165) is 35.5 Å². The van der Waals surface area contributed by atoms with Crippen molar-refractivity contribution in [3.05, 3.63) is 11.4 Å². The molecule has 2 unspecified atom stereocenters. The third kappa shape index (κ3) is 2.41. The minimum absolute atomic E-state index is 0.521. The van der Waals surface area contributed by atoms with Gasteiger partial charge in [0.2, 0.25) is 0 Å². The molecule has 0 saturated carbocycles. The zero-order chi connectivity index (χ0) is 13.3. The van der Waals surface area contributed by atoms with Crippen LogP contribution in [-0.2, 0) is 0 Å². The standard InChI is InChI=1S/C13H23N5/c1-8-5-6-18(9(2)7-8)13-10(3)12(17-14)15-11(4)16-13/h8-9H,5-7,14H2,1-4H3,(H,15,16,17). The van der Waals surface area contributed by atoms with E-state index in [1.54, 1.807) is 0 Å². The van der Waals surface area contributed by atoms with Crippen LogP contribution in [0.4, 0.5) is 11.6 Å². The van der Waals surface area contributed by atoms with Crippen LogP contribution < -0.4 is 16.2 Å². The second-order valence-corrected chi connectivity index (χ2v) is 5.38. The summed E-state index contributed by atoms with van der Waals surface area (Å²) in [5.41, 5.74) is 3.69. The van der Waals surface area contributed by atoms with Gasteiger partial charge in [-0.3, -0.25) is 0 Å². The van der Waals surface area contributed by atoms with Gasteiger partial charge in [0, 0.05) is 18.2 Å². The number of nitrogens with zero attached hydrogens (tertiary/aromatic N) is 3. The lowest BCUT2D eigenvalue weighted by atomic mass is 9.93.